The van der Waals surface area contributed by atoms with Crippen LogP contribution in [0.25, 0.3) is 0 Å². The van der Waals surface area contributed by atoms with Crippen molar-refractivity contribution in [3.8, 4) is 0 Å². The molecule has 0 bridgehead atoms. The molecule has 6 heteroatoms. The molecule has 1 fully saturated rings. The summed E-state index contributed by atoms with van der Waals surface area (Å²) in [7, 11) is 0. The van der Waals surface area contributed by atoms with Crippen LogP contribution in [0.2, 0.25) is 0 Å². The molecule has 17 heavy (non-hydrogen) atoms. The van der Waals surface area contributed by atoms with Gasteiger partial charge in [-0.2, -0.15) is 0 Å². The van der Waals surface area contributed by atoms with Gasteiger partial charge in [0.2, 0.25) is 0 Å². The molecular formula is C11H19NO5. The third-order valence-corrected chi connectivity index (χ3v) is 2.43. The fourth-order valence-electron chi connectivity index (χ4n) is 1.73. The number of β-amino-alcohol motifs (C(OH)–C–C–N with tert-alkyl or cyclic N) is 1. The Labute approximate surface area is 100 Å². The molecule has 1 heterocycles. The number of aliphatic carboxylic acids is 1. The predicted molar refractivity (Wildman–Crippen MR) is 59.6 cm³/mol. The lowest BCUT2D eigenvalue weighted by atomic mass is 9.96. The van der Waals surface area contributed by atoms with Crippen LogP contribution in [0, 0.1) is 5.92 Å². The van der Waals surface area contributed by atoms with Gasteiger partial charge in [0, 0.05) is 13.1 Å². The highest BCUT2D eigenvalue weighted by atomic mass is 16.6. The fourth-order valence-corrected chi connectivity index (χ4v) is 1.73. The minimum absolute atomic E-state index is 0.0846. The van der Waals surface area contributed by atoms with E-state index >= 15 is 0 Å². The van der Waals surface area contributed by atoms with Crippen LogP contribution >= 0.6 is 0 Å². The number of rotatable bonds is 1. The minimum atomic E-state index is -1.00. The number of hydrogen-bond donors (Lipinski definition) is 2. The summed E-state index contributed by atoms with van der Waals surface area (Å²) in [6.45, 7) is 5.42. The number of carboxylic acid groups (broad SMARTS) is 1. The second-order valence-corrected chi connectivity index (χ2v) is 5.31. The summed E-state index contributed by atoms with van der Waals surface area (Å²) in [6.07, 6.45) is -1.21. The average Bonchev–Trinajstić information content (AvgIpc) is 2.13. The Kier molecular flexibility index (Phi) is 3.98. The highest BCUT2D eigenvalue weighted by Crippen LogP contribution is 2.19. The second kappa shape index (κ2) is 4.91. The predicted octanol–water partition coefficient (Wildman–Crippen LogP) is 0.689. The zero-order valence-electron chi connectivity index (χ0n) is 10.3. The smallest absolute Gasteiger partial charge is 0.410 e. The SMILES string of the molecule is CC(C)(C)OC(=O)N1C[C@H](O)C[C@H](C(=O)O)C1. The van der Waals surface area contributed by atoms with E-state index in [2.05, 4.69) is 0 Å². The number of aliphatic hydroxyl groups excluding tert-OH is 1. The number of amides is 1. The largest absolute Gasteiger partial charge is 0.481 e. The number of carbonyl (C=O) groups excluding carboxylic acids is 1. The zero-order chi connectivity index (χ0) is 13.2. The molecule has 0 aromatic carbocycles. The van der Waals surface area contributed by atoms with E-state index in [0.717, 1.165) is 0 Å². The Hall–Kier alpha value is -1.30. The topological polar surface area (TPSA) is 87.1 Å². The Balaban J connectivity index is 2.64. The summed E-state index contributed by atoms with van der Waals surface area (Å²) in [4.78, 5) is 23.8. The highest BCUT2D eigenvalue weighted by molar-refractivity contribution is 5.73. The molecule has 0 aromatic rings. The van der Waals surface area contributed by atoms with Gasteiger partial charge < -0.3 is 19.8 Å². The summed E-state index contributed by atoms with van der Waals surface area (Å²) < 4.78 is 5.14. The van der Waals surface area contributed by atoms with Crippen LogP contribution in [-0.2, 0) is 9.53 Å². The summed E-state index contributed by atoms with van der Waals surface area (Å²) in [5.74, 6) is -1.73. The van der Waals surface area contributed by atoms with Crippen LogP contribution in [0.5, 0.6) is 0 Å². The maximum Gasteiger partial charge on any atom is 0.410 e. The average molecular weight is 245 g/mol. The number of likely N-dealkylation sites (tertiary alicyclic amines) is 1. The van der Waals surface area contributed by atoms with Crippen molar-refractivity contribution >= 4 is 12.1 Å². The van der Waals surface area contributed by atoms with E-state index in [9.17, 15) is 14.7 Å². The maximum absolute atomic E-state index is 11.7. The molecule has 1 saturated heterocycles. The molecule has 1 aliphatic rings. The first-order valence-electron chi connectivity index (χ1n) is 5.58. The van der Waals surface area contributed by atoms with E-state index in [4.69, 9.17) is 9.84 Å². The van der Waals surface area contributed by atoms with Gasteiger partial charge in [-0.15, -0.1) is 0 Å². The molecule has 98 valence electrons. The highest BCUT2D eigenvalue weighted by Gasteiger charge is 2.34. The molecule has 0 radical (unpaired) electrons. The van der Waals surface area contributed by atoms with Crippen LogP contribution in [0.4, 0.5) is 4.79 Å². The number of carboxylic acids is 1. The lowest BCUT2D eigenvalue weighted by molar-refractivity contribution is -0.145. The van der Waals surface area contributed by atoms with E-state index in [1.54, 1.807) is 20.8 Å². The third-order valence-electron chi connectivity index (χ3n) is 2.43. The Morgan fingerprint density at radius 3 is 2.35 bits per heavy atom. The van der Waals surface area contributed by atoms with Crippen LogP contribution in [0.1, 0.15) is 27.2 Å². The van der Waals surface area contributed by atoms with Gasteiger partial charge >= 0.3 is 12.1 Å². The van der Waals surface area contributed by atoms with Crippen molar-refractivity contribution in [3.63, 3.8) is 0 Å². The number of nitrogens with zero attached hydrogens (tertiary/aromatic N) is 1. The lowest BCUT2D eigenvalue weighted by Crippen LogP contribution is -2.49. The van der Waals surface area contributed by atoms with Gasteiger partial charge in [0.25, 0.3) is 0 Å². The molecule has 2 N–H and O–H groups in total. The zero-order valence-corrected chi connectivity index (χ0v) is 10.3. The molecular weight excluding hydrogens is 226 g/mol. The first-order chi connectivity index (χ1) is 7.69. The molecule has 0 spiro atoms. The Bertz CT molecular complexity index is 309. The molecule has 1 rings (SSSR count). The summed E-state index contributed by atoms with van der Waals surface area (Å²) in [6, 6.07) is 0. The number of piperidine rings is 1. The number of ether oxygens (including phenoxy) is 1. The van der Waals surface area contributed by atoms with E-state index in [-0.39, 0.29) is 19.5 Å². The van der Waals surface area contributed by atoms with Crippen molar-refractivity contribution in [2.24, 2.45) is 5.92 Å². The van der Waals surface area contributed by atoms with Crippen molar-refractivity contribution in [1.29, 1.82) is 0 Å². The number of carbonyl (C=O) groups is 2. The second-order valence-electron chi connectivity index (χ2n) is 5.31. The van der Waals surface area contributed by atoms with E-state index in [1.165, 1.54) is 4.90 Å². The van der Waals surface area contributed by atoms with Crippen molar-refractivity contribution in [3.05, 3.63) is 0 Å². The van der Waals surface area contributed by atoms with Crippen LogP contribution in [-0.4, -0.2) is 52.0 Å². The van der Waals surface area contributed by atoms with Crippen molar-refractivity contribution in [2.45, 2.75) is 38.9 Å². The third kappa shape index (κ3) is 4.22. The monoisotopic (exact) mass is 245 g/mol. The van der Waals surface area contributed by atoms with Gasteiger partial charge in [0.05, 0.1) is 12.0 Å². The fraction of sp³-hybridized carbons (Fsp3) is 0.818. The summed E-state index contributed by atoms with van der Waals surface area (Å²) >= 11 is 0. The molecule has 0 aliphatic carbocycles. The van der Waals surface area contributed by atoms with E-state index in [0.29, 0.717) is 0 Å². The summed E-state index contributed by atoms with van der Waals surface area (Å²) in [5, 5.41) is 18.4. The number of hydrogen-bond acceptors (Lipinski definition) is 4. The van der Waals surface area contributed by atoms with E-state index < -0.39 is 29.7 Å². The Morgan fingerprint density at radius 2 is 1.88 bits per heavy atom. The molecule has 1 aliphatic heterocycles. The van der Waals surface area contributed by atoms with Gasteiger partial charge in [-0.25, -0.2) is 4.79 Å². The van der Waals surface area contributed by atoms with Crippen LogP contribution in [0.3, 0.4) is 0 Å². The molecule has 0 saturated carbocycles. The maximum atomic E-state index is 11.7. The molecule has 2 atom stereocenters. The summed E-state index contributed by atoms with van der Waals surface area (Å²) in [5.41, 5.74) is -0.627. The Morgan fingerprint density at radius 1 is 1.29 bits per heavy atom. The minimum Gasteiger partial charge on any atom is -0.481 e. The molecule has 6 nitrogen and oxygen atoms in total. The molecule has 1 amide bonds. The molecule has 0 aromatic heterocycles. The number of aliphatic hydroxyl groups is 1. The van der Waals surface area contributed by atoms with Gasteiger partial charge in [0.1, 0.15) is 5.60 Å². The van der Waals surface area contributed by atoms with Crippen molar-refractivity contribution < 1.29 is 24.5 Å². The molecule has 0 unspecified atom stereocenters. The van der Waals surface area contributed by atoms with Gasteiger partial charge in [-0.1, -0.05) is 0 Å². The standard InChI is InChI=1S/C11H19NO5/c1-11(2,3)17-10(16)12-5-7(9(14)15)4-8(13)6-12/h7-8,13H,4-6H2,1-3H3,(H,14,15)/t7-,8+/m0/s1. The van der Waals surface area contributed by atoms with Gasteiger partial charge in [-0.05, 0) is 27.2 Å². The first-order valence-corrected chi connectivity index (χ1v) is 5.58. The van der Waals surface area contributed by atoms with Crippen LogP contribution in [0.15, 0.2) is 0 Å². The van der Waals surface area contributed by atoms with Gasteiger partial charge in [-0.3, -0.25) is 4.79 Å². The quantitative estimate of drug-likeness (QED) is 0.709. The first kappa shape index (κ1) is 13.8. The van der Waals surface area contributed by atoms with Gasteiger partial charge in [0.15, 0.2) is 0 Å². The van der Waals surface area contributed by atoms with Crippen molar-refractivity contribution in [2.75, 3.05) is 13.1 Å². The van der Waals surface area contributed by atoms with Crippen molar-refractivity contribution in [1.82, 2.24) is 4.90 Å². The van der Waals surface area contributed by atoms with E-state index in [1.807, 2.05) is 0 Å². The normalized spacial score (nSPS) is 25.5. The van der Waals surface area contributed by atoms with Crippen LogP contribution < -0.4 is 0 Å². The lowest BCUT2D eigenvalue weighted by Gasteiger charge is -2.34.